The first kappa shape index (κ1) is 11.1. The summed E-state index contributed by atoms with van der Waals surface area (Å²) >= 11 is 0. The van der Waals surface area contributed by atoms with Crippen LogP contribution in [-0.4, -0.2) is 35.8 Å². The van der Waals surface area contributed by atoms with Crippen LogP contribution in [0.15, 0.2) is 43.0 Å². The van der Waals surface area contributed by atoms with Crippen LogP contribution in [-0.2, 0) is 0 Å². The van der Waals surface area contributed by atoms with Gasteiger partial charge in [0.1, 0.15) is 12.0 Å². The maximum absolute atomic E-state index is 11.1. The second-order valence-corrected chi connectivity index (χ2v) is 3.79. The SMILES string of the molecule is O=C(O)c1[nH]cnc1-c1nncn1-c1ccccc1. The van der Waals surface area contributed by atoms with Gasteiger partial charge in [-0.05, 0) is 12.1 Å². The Morgan fingerprint density at radius 3 is 2.79 bits per heavy atom. The molecule has 1 aromatic carbocycles. The number of carbonyl (C=O) groups is 1. The smallest absolute Gasteiger partial charge is 0.354 e. The third kappa shape index (κ3) is 1.86. The van der Waals surface area contributed by atoms with Gasteiger partial charge in [-0.25, -0.2) is 9.78 Å². The van der Waals surface area contributed by atoms with Gasteiger partial charge in [0.15, 0.2) is 11.5 Å². The van der Waals surface area contributed by atoms with E-state index in [0.29, 0.717) is 5.82 Å². The van der Waals surface area contributed by atoms with Crippen molar-refractivity contribution < 1.29 is 9.90 Å². The van der Waals surface area contributed by atoms with Crippen molar-refractivity contribution in [1.82, 2.24) is 24.7 Å². The molecule has 0 spiro atoms. The van der Waals surface area contributed by atoms with Crippen LogP contribution in [0.1, 0.15) is 10.5 Å². The number of rotatable bonds is 3. The van der Waals surface area contributed by atoms with E-state index in [-0.39, 0.29) is 11.4 Å². The maximum Gasteiger partial charge on any atom is 0.354 e. The van der Waals surface area contributed by atoms with Crippen LogP contribution in [0, 0.1) is 0 Å². The van der Waals surface area contributed by atoms with Gasteiger partial charge >= 0.3 is 5.97 Å². The summed E-state index contributed by atoms with van der Waals surface area (Å²) in [4.78, 5) is 17.7. The maximum atomic E-state index is 11.1. The van der Waals surface area contributed by atoms with Crippen molar-refractivity contribution in [2.45, 2.75) is 0 Å². The lowest BCUT2D eigenvalue weighted by Gasteiger charge is -2.04. The van der Waals surface area contributed by atoms with Crippen molar-refractivity contribution in [2.75, 3.05) is 0 Å². The Morgan fingerprint density at radius 2 is 2.05 bits per heavy atom. The molecule has 0 unspecified atom stereocenters. The molecule has 0 aliphatic heterocycles. The molecule has 2 aromatic heterocycles. The molecule has 0 aliphatic rings. The molecule has 3 rings (SSSR count). The van der Waals surface area contributed by atoms with Crippen LogP contribution in [0.3, 0.4) is 0 Å². The Balaban J connectivity index is 2.15. The molecule has 0 aliphatic carbocycles. The fraction of sp³-hybridized carbons (Fsp3) is 0. The second kappa shape index (κ2) is 4.37. The number of carboxylic acid groups (broad SMARTS) is 1. The van der Waals surface area contributed by atoms with Gasteiger partial charge in [-0.15, -0.1) is 10.2 Å². The molecule has 19 heavy (non-hydrogen) atoms. The Morgan fingerprint density at radius 1 is 1.26 bits per heavy atom. The first-order chi connectivity index (χ1) is 9.27. The summed E-state index contributed by atoms with van der Waals surface area (Å²) < 4.78 is 1.68. The minimum Gasteiger partial charge on any atom is -0.477 e. The molecule has 0 fully saturated rings. The van der Waals surface area contributed by atoms with Gasteiger partial charge in [0, 0.05) is 5.69 Å². The van der Waals surface area contributed by atoms with Gasteiger partial charge < -0.3 is 10.1 Å². The fourth-order valence-corrected chi connectivity index (χ4v) is 1.80. The number of aromatic nitrogens is 5. The third-order valence-corrected chi connectivity index (χ3v) is 2.65. The highest BCUT2D eigenvalue weighted by Gasteiger charge is 2.19. The molecule has 0 amide bonds. The van der Waals surface area contributed by atoms with Crippen molar-refractivity contribution in [3.05, 3.63) is 48.7 Å². The summed E-state index contributed by atoms with van der Waals surface area (Å²) in [6, 6.07) is 9.40. The van der Waals surface area contributed by atoms with Crippen molar-refractivity contribution in [3.8, 4) is 17.2 Å². The number of H-pyrrole nitrogens is 1. The van der Waals surface area contributed by atoms with Crippen molar-refractivity contribution in [2.24, 2.45) is 0 Å². The highest BCUT2D eigenvalue weighted by atomic mass is 16.4. The molecule has 94 valence electrons. The molecule has 0 bridgehead atoms. The third-order valence-electron chi connectivity index (χ3n) is 2.65. The Bertz CT molecular complexity index is 717. The van der Waals surface area contributed by atoms with Crippen LogP contribution >= 0.6 is 0 Å². The monoisotopic (exact) mass is 255 g/mol. The van der Waals surface area contributed by atoms with Crippen molar-refractivity contribution >= 4 is 5.97 Å². The van der Waals surface area contributed by atoms with Gasteiger partial charge in [-0.1, -0.05) is 18.2 Å². The first-order valence-electron chi connectivity index (χ1n) is 5.50. The molecule has 2 heterocycles. The molecular formula is C12H9N5O2. The molecule has 0 saturated heterocycles. The lowest BCUT2D eigenvalue weighted by molar-refractivity contribution is 0.0692. The van der Waals surface area contributed by atoms with E-state index in [1.54, 1.807) is 4.57 Å². The molecule has 0 radical (unpaired) electrons. The van der Waals surface area contributed by atoms with Gasteiger partial charge in [0.25, 0.3) is 0 Å². The fourth-order valence-electron chi connectivity index (χ4n) is 1.80. The number of nitrogens with one attached hydrogen (secondary N) is 1. The topological polar surface area (TPSA) is 96.7 Å². The van der Waals surface area contributed by atoms with Crippen molar-refractivity contribution in [3.63, 3.8) is 0 Å². The van der Waals surface area contributed by atoms with Crippen molar-refractivity contribution in [1.29, 1.82) is 0 Å². The standard InChI is InChI=1S/C12H9N5O2/c18-12(19)10-9(13-6-14-10)11-16-15-7-17(11)8-4-2-1-3-5-8/h1-7H,(H,13,14)(H,18,19). The number of imidazole rings is 1. The molecule has 2 N–H and O–H groups in total. The van der Waals surface area contributed by atoms with Gasteiger partial charge in [0.2, 0.25) is 0 Å². The minimum atomic E-state index is -1.09. The van der Waals surface area contributed by atoms with E-state index >= 15 is 0 Å². The molecule has 0 atom stereocenters. The quantitative estimate of drug-likeness (QED) is 0.736. The van der Waals surface area contributed by atoms with E-state index in [9.17, 15) is 4.79 Å². The average Bonchev–Trinajstić information content (AvgIpc) is 3.08. The van der Waals surface area contributed by atoms with Crippen LogP contribution in [0.25, 0.3) is 17.2 Å². The lowest BCUT2D eigenvalue weighted by atomic mass is 10.2. The number of carboxylic acids is 1. The second-order valence-electron chi connectivity index (χ2n) is 3.79. The predicted octanol–water partition coefficient (Wildman–Crippen LogP) is 1.36. The van der Waals surface area contributed by atoms with E-state index in [1.807, 2.05) is 30.3 Å². The Kier molecular flexibility index (Phi) is 2.57. The minimum absolute atomic E-state index is 0.00909. The molecule has 7 nitrogen and oxygen atoms in total. The van der Waals surface area contributed by atoms with E-state index in [1.165, 1.54) is 12.7 Å². The van der Waals surface area contributed by atoms with Gasteiger partial charge in [-0.2, -0.15) is 0 Å². The zero-order chi connectivity index (χ0) is 13.2. The molecule has 7 heteroatoms. The number of nitrogens with zero attached hydrogens (tertiary/aromatic N) is 4. The number of aromatic carboxylic acids is 1. The highest BCUT2D eigenvalue weighted by Crippen LogP contribution is 2.21. The molecule has 3 aromatic rings. The zero-order valence-electron chi connectivity index (χ0n) is 9.69. The van der Waals surface area contributed by atoms with E-state index in [4.69, 9.17) is 5.11 Å². The van der Waals surface area contributed by atoms with Crippen LogP contribution in [0.5, 0.6) is 0 Å². The van der Waals surface area contributed by atoms with Gasteiger partial charge in [0.05, 0.1) is 6.33 Å². The van der Waals surface area contributed by atoms with Crippen LogP contribution < -0.4 is 0 Å². The Labute approximate surface area is 107 Å². The number of benzene rings is 1. The van der Waals surface area contributed by atoms with E-state index in [2.05, 4.69) is 20.2 Å². The first-order valence-corrected chi connectivity index (χ1v) is 5.50. The van der Waals surface area contributed by atoms with Gasteiger partial charge in [-0.3, -0.25) is 4.57 Å². The summed E-state index contributed by atoms with van der Waals surface area (Å²) in [7, 11) is 0. The normalized spacial score (nSPS) is 10.5. The predicted molar refractivity (Wildman–Crippen MR) is 65.9 cm³/mol. The summed E-state index contributed by atoms with van der Waals surface area (Å²) in [5.41, 5.74) is 1.08. The number of hydrogen-bond acceptors (Lipinski definition) is 4. The summed E-state index contributed by atoms with van der Waals surface area (Å²) in [5.74, 6) is -0.708. The van der Waals surface area contributed by atoms with E-state index in [0.717, 1.165) is 5.69 Å². The van der Waals surface area contributed by atoms with Crippen LogP contribution in [0.2, 0.25) is 0 Å². The summed E-state index contributed by atoms with van der Waals surface area (Å²) in [5, 5.41) is 16.9. The largest absolute Gasteiger partial charge is 0.477 e. The summed E-state index contributed by atoms with van der Waals surface area (Å²) in [6.07, 6.45) is 2.84. The Hall–Kier alpha value is -2.96. The summed E-state index contributed by atoms with van der Waals surface area (Å²) in [6.45, 7) is 0. The number of hydrogen-bond donors (Lipinski definition) is 2. The number of aromatic amines is 1. The molecule has 0 saturated carbocycles. The van der Waals surface area contributed by atoms with Crippen LogP contribution in [0.4, 0.5) is 0 Å². The highest BCUT2D eigenvalue weighted by molar-refractivity contribution is 5.91. The lowest BCUT2D eigenvalue weighted by Crippen LogP contribution is -2.03. The average molecular weight is 255 g/mol. The zero-order valence-corrected chi connectivity index (χ0v) is 9.69. The number of para-hydroxylation sites is 1. The molecular weight excluding hydrogens is 246 g/mol. The van der Waals surface area contributed by atoms with E-state index < -0.39 is 5.97 Å².